The molecule has 1 atom stereocenters. The van der Waals surface area contributed by atoms with Crippen LogP contribution in [-0.2, 0) is 16.0 Å². The van der Waals surface area contributed by atoms with Gasteiger partial charge in [0.25, 0.3) is 0 Å². The normalized spacial score (nSPS) is 12.5. The van der Waals surface area contributed by atoms with Crippen LogP contribution in [0, 0.1) is 13.8 Å². The lowest BCUT2D eigenvalue weighted by atomic mass is 9.61. The molecule has 0 bridgehead atoms. The highest BCUT2D eigenvalue weighted by molar-refractivity contribution is 6.51. The number of nitrogens with one attached hydrogen (secondary N) is 1. The number of amides is 2. The Morgan fingerprint density at radius 3 is 2.50 bits per heavy atom. The highest BCUT2D eigenvalue weighted by Gasteiger charge is 2.24. The zero-order valence-corrected chi connectivity index (χ0v) is 16.8. The summed E-state index contributed by atoms with van der Waals surface area (Å²) in [5.41, 5.74) is 4.02. The smallest absolute Gasteiger partial charge is 0.309 e. The van der Waals surface area contributed by atoms with Gasteiger partial charge >= 0.3 is 6.92 Å². The maximum Gasteiger partial charge on any atom is 0.309 e. The van der Waals surface area contributed by atoms with Gasteiger partial charge in [-0.3, -0.25) is 9.59 Å². The Morgan fingerprint density at radius 2 is 2.00 bits per heavy atom. The van der Waals surface area contributed by atoms with E-state index in [4.69, 9.17) is 0 Å². The monoisotopic (exact) mass is 358 g/mol. The molecule has 0 aliphatic heterocycles. The largest absolute Gasteiger partial charge is 0.449 e. The van der Waals surface area contributed by atoms with Gasteiger partial charge in [-0.05, 0) is 52.2 Å². The van der Waals surface area contributed by atoms with Gasteiger partial charge in [0, 0.05) is 18.1 Å². The Hall–Kier alpha value is -2.08. The van der Waals surface area contributed by atoms with Gasteiger partial charge in [0.1, 0.15) is 0 Å². The molecule has 5 nitrogen and oxygen atoms in total. The Bertz CT molecular complexity index is 671. The van der Waals surface area contributed by atoms with Crippen molar-refractivity contribution in [2.24, 2.45) is 0 Å². The molecule has 1 aromatic carbocycles. The van der Waals surface area contributed by atoms with Crippen molar-refractivity contribution >= 4 is 18.7 Å². The molecule has 0 radical (unpaired) electrons. The van der Waals surface area contributed by atoms with Gasteiger partial charge in [0.05, 0.1) is 6.54 Å². The average Bonchev–Trinajstić information content (AvgIpc) is 2.59. The minimum absolute atomic E-state index is 0.0172. The zero-order valence-electron chi connectivity index (χ0n) is 16.8. The van der Waals surface area contributed by atoms with E-state index in [0.29, 0.717) is 18.5 Å². The first-order valence-electron chi connectivity index (χ1n) is 9.15. The van der Waals surface area contributed by atoms with Crippen LogP contribution >= 0.6 is 0 Å². The van der Waals surface area contributed by atoms with E-state index in [1.165, 1.54) is 10.5 Å². The Balaban J connectivity index is 2.80. The number of carbonyl (C=O) groups is 2. The molecule has 0 aliphatic carbocycles. The lowest BCUT2D eigenvalue weighted by molar-refractivity contribution is -0.133. The van der Waals surface area contributed by atoms with E-state index in [2.05, 4.69) is 11.4 Å². The van der Waals surface area contributed by atoms with Crippen LogP contribution in [0.25, 0.3) is 0 Å². The van der Waals surface area contributed by atoms with E-state index in [9.17, 15) is 14.6 Å². The summed E-state index contributed by atoms with van der Waals surface area (Å²) in [5.74, 6) is -0.812. The van der Waals surface area contributed by atoms with Crippen LogP contribution in [0.15, 0.2) is 29.8 Å². The molecule has 26 heavy (non-hydrogen) atoms. The van der Waals surface area contributed by atoms with Crippen LogP contribution in [0.2, 0.25) is 6.82 Å². The first-order chi connectivity index (χ1) is 12.2. The van der Waals surface area contributed by atoms with Crippen molar-refractivity contribution in [2.45, 2.75) is 53.8 Å². The summed E-state index contributed by atoms with van der Waals surface area (Å²) in [5, 5.41) is 13.0. The van der Waals surface area contributed by atoms with E-state index in [0.717, 1.165) is 11.1 Å². The van der Waals surface area contributed by atoms with Gasteiger partial charge in [-0.15, -0.1) is 0 Å². The molecular formula is C20H31BN2O3. The van der Waals surface area contributed by atoms with Gasteiger partial charge < -0.3 is 15.2 Å². The van der Waals surface area contributed by atoms with Crippen molar-refractivity contribution in [2.75, 3.05) is 13.1 Å². The number of aryl methyl sites for hydroxylation is 2. The second kappa shape index (κ2) is 10.2. The second-order valence-electron chi connectivity index (χ2n) is 6.84. The van der Waals surface area contributed by atoms with Gasteiger partial charge in [-0.25, -0.2) is 0 Å². The molecule has 1 rings (SSSR count). The number of carbonyl (C=O) groups excluding carboxylic acids is 2. The third-order valence-corrected chi connectivity index (χ3v) is 4.64. The molecular weight excluding hydrogens is 327 g/mol. The van der Waals surface area contributed by atoms with E-state index in [1.807, 2.05) is 32.9 Å². The van der Waals surface area contributed by atoms with Gasteiger partial charge in [0.15, 0.2) is 0 Å². The molecule has 0 fully saturated rings. The number of benzene rings is 1. The fourth-order valence-corrected chi connectivity index (χ4v) is 2.78. The number of likely N-dealkylation sites (N-methyl/N-ethyl adjacent to an activating group) is 1. The highest BCUT2D eigenvalue weighted by atomic mass is 16.2. The van der Waals surface area contributed by atoms with Crippen molar-refractivity contribution in [3.63, 3.8) is 0 Å². The minimum Gasteiger partial charge on any atom is -0.449 e. The van der Waals surface area contributed by atoms with Crippen LogP contribution < -0.4 is 5.32 Å². The number of hydrogen-bond donors (Lipinski definition) is 2. The Kier molecular flexibility index (Phi) is 8.59. The molecule has 2 amide bonds. The fourth-order valence-electron chi connectivity index (χ4n) is 2.78. The topological polar surface area (TPSA) is 69.6 Å². The zero-order chi connectivity index (χ0) is 19.9. The summed E-state index contributed by atoms with van der Waals surface area (Å²) < 4.78 is 0. The first kappa shape index (κ1) is 22.0. The van der Waals surface area contributed by atoms with Crippen LogP contribution in [0.1, 0.15) is 37.5 Å². The molecule has 6 heteroatoms. The van der Waals surface area contributed by atoms with Crippen LogP contribution in [0.3, 0.4) is 0 Å². The standard InChI is InChI=1S/C20H31BN2O3/c1-7-15(4)20(25)23(8-2)13-19(24)22-18(21(6)26)12-17-10-9-14(3)11-16(17)5/h7,9-11,18,26H,8,12-13H2,1-6H3,(H,22,24)/b15-7+/t18-/m0/s1. The van der Waals surface area contributed by atoms with Crippen LogP contribution in [0.4, 0.5) is 0 Å². The van der Waals surface area contributed by atoms with Crippen molar-refractivity contribution < 1.29 is 14.6 Å². The third kappa shape index (κ3) is 6.34. The predicted octanol–water partition coefficient (Wildman–Crippen LogP) is 2.30. The number of hydrogen-bond acceptors (Lipinski definition) is 3. The SMILES string of the molecule is C/C=C(\C)C(=O)N(CC)CC(=O)N[C@@H](Cc1ccc(C)cc1C)B(C)O. The van der Waals surface area contributed by atoms with Crippen LogP contribution in [-0.4, -0.2) is 47.7 Å². The molecule has 0 spiro atoms. The minimum atomic E-state index is -0.692. The summed E-state index contributed by atoms with van der Waals surface area (Å²) in [6, 6.07) is 6.15. The lowest BCUT2D eigenvalue weighted by Crippen LogP contribution is -2.50. The van der Waals surface area contributed by atoms with Crippen molar-refractivity contribution in [1.82, 2.24) is 10.2 Å². The van der Waals surface area contributed by atoms with Crippen molar-refractivity contribution in [3.05, 3.63) is 46.5 Å². The summed E-state index contributed by atoms with van der Waals surface area (Å²) >= 11 is 0. The fraction of sp³-hybridized carbons (Fsp3) is 0.500. The number of nitrogens with zero attached hydrogens (tertiary/aromatic N) is 1. The quantitative estimate of drug-likeness (QED) is 0.553. The van der Waals surface area contributed by atoms with Crippen molar-refractivity contribution in [1.29, 1.82) is 0 Å². The summed E-state index contributed by atoms with van der Waals surface area (Å²) in [6.45, 7) is 10.9. The number of allylic oxidation sites excluding steroid dienone is 1. The predicted molar refractivity (Wildman–Crippen MR) is 107 cm³/mol. The summed E-state index contributed by atoms with van der Waals surface area (Å²) in [7, 11) is 0. The van der Waals surface area contributed by atoms with Gasteiger partial charge in [0.2, 0.25) is 11.8 Å². The Morgan fingerprint density at radius 1 is 1.35 bits per heavy atom. The molecule has 0 saturated heterocycles. The molecule has 0 heterocycles. The van der Waals surface area contributed by atoms with Gasteiger partial charge in [-0.1, -0.05) is 36.7 Å². The first-order valence-corrected chi connectivity index (χ1v) is 9.15. The molecule has 0 aromatic heterocycles. The molecule has 1 aromatic rings. The maximum atomic E-state index is 12.4. The van der Waals surface area contributed by atoms with Crippen LogP contribution in [0.5, 0.6) is 0 Å². The molecule has 0 saturated carbocycles. The summed E-state index contributed by atoms with van der Waals surface area (Å²) in [4.78, 5) is 26.2. The third-order valence-electron chi connectivity index (χ3n) is 4.64. The Labute approximate surface area is 157 Å². The highest BCUT2D eigenvalue weighted by Crippen LogP contribution is 2.13. The lowest BCUT2D eigenvalue weighted by Gasteiger charge is -2.24. The van der Waals surface area contributed by atoms with E-state index in [-0.39, 0.29) is 18.4 Å². The molecule has 0 unspecified atom stereocenters. The molecule has 142 valence electrons. The summed E-state index contributed by atoms with van der Waals surface area (Å²) in [6.07, 6.45) is 2.28. The van der Waals surface area contributed by atoms with E-state index >= 15 is 0 Å². The van der Waals surface area contributed by atoms with Gasteiger partial charge in [-0.2, -0.15) is 0 Å². The average molecular weight is 358 g/mol. The van der Waals surface area contributed by atoms with E-state index in [1.54, 1.807) is 26.7 Å². The molecule has 2 N–H and O–H groups in total. The second-order valence-corrected chi connectivity index (χ2v) is 6.84. The number of rotatable bonds is 8. The molecule has 0 aliphatic rings. The maximum absolute atomic E-state index is 12.4. The van der Waals surface area contributed by atoms with E-state index < -0.39 is 12.9 Å². The van der Waals surface area contributed by atoms with Crippen molar-refractivity contribution in [3.8, 4) is 0 Å².